The number of nitrogens with one attached hydrogen (secondary N) is 3. The molecule has 1 saturated heterocycles. The maximum atomic E-state index is 12.6. The second kappa shape index (κ2) is 7.20. The molecule has 4 rings (SSSR count). The van der Waals surface area contributed by atoms with Gasteiger partial charge in [-0.1, -0.05) is 18.2 Å². The van der Waals surface area contributed by atoms with E-state index in [0.29, 0.717) is 26.0 Å². The molecule has 5 unspecified atom stereocenters. The number of ether oxygens (including phenoxy) is 1. The van der Waals surface area contributed by atoms with Gasteiger partial charge >= 0.3 is 0 Å². The molecule has 1 saturated carbocycles. The summed E-state index contributed by atoms with van der Waals surface area (Å²) >= 11 is 0. The minimum Gasteiger partial charge on any atom is -0.493 e. The van der Waals surface area contributed by atoms with E-state index in [4.69, 9.17) is 4.74 Å². The summed E-state index contributed by atoms with van der Waals surface area (Å²) in [5.74, 6) is 1.03. The molecule has 3 N–H and O–H groups in total. The van der Waals surface area contributed by atoms with E-state index in [2.05, 4.69) is 22.2 Å². The third-order valence-corrected chi connectivity index (χ3v) is 5.83. The molecule has 0 spiro atoms. The van der Waals surface area contributed by atoms with Crippen LogP contribution >= 0.6 is 0 Å². The third-order valence-electron chi connectivity index (χ3n) is 5.83. The van der Waals surface area contributed by atoms with Gasteiger partial charge in [-0.25, -0.2) is 5.43 Å². The summed E-state index contributed by atoms with van der Waals surface area (Å²) in [6.45, 7) is 1.13. The highest BCUT2D eigenvalue weighted by atomic mass is 16.6. The molecule has 2 fully saturated rings. The van der Waals surface area contributed by atoms with E-state index >= 15 is 0 Å². The normalized spacial score (nSPS) is 32.8. The van der Waals surface area contributed by atoms with Gasteiger partial charge < -0.3 is 10.1 Å². The molecule has 8 heteroatoms. The van der Waals surface area contributed by atoms with E-state index in [0.717, 1.165) is 18.6 Å². The van der Waals surface area contributed by atoms with Crippen LogP contribution in [0, 0.1) is 22.0 Å². The van der Waals surface area contributed by atoms with Crippen LogP contribution in [0.4, 0.5) is 0 Å². The second-order valence-electron chi connectivity index (χ2n) is 7.52. The Labute approximate surface area is 151 Å². The van der Waals surface area contributed by atoms with Crippen molar-refractivity contribution < 1.29 is 14.5 Å². The number of nitro groups is 1. The zero-order valence-corrected chi connectivity index (χ0v) is 14.5. The number of hydrazine groups is 1. The van der Waals surface area contributed by atoms with Gasteiger partial charge in [0, 0.05) is 42.2 Å². The van der Waals surface area contributed by atoms with Crippen LogP contribution in [0.3, 0.4) is 0 Å². The highest BCUT2D eigenvalue weighted by Gasteiger charge is 2.46. The lowest BCUT2D eigenvalue weighted by Gasteiger charge is -2.29. The van der Waals surface area contributed by atoms with Crippen LogP contribution in [0.15, 0.2) is 24.3 Å². The van der Waals surface area contributed by atoms with Gasteiger partial charge in [-0.3, -0.25) is 20.3 Å². The maximum Gasteiger partial charge on any atom is 0.238 e. The van der Waals surface area contributed by atoms with Crippen LogP contribution in [0.25, 0.3) is 0 Å². The van der Waals surface area contributed by atoms with Crippen molar-refractivity contribution in [2.45, 2.75) is 43.8 Å². The zero-order valence-electron chi connectivity index (χ0n) is 14.5. The molecule has 0 aromatic heterocycles. The van der Waals surface area contributed by atoms with Crippen LogP contribution in [0.1, 0.15) is 24.8 Å². The molecule has 0 bridgehead atoms. The van der Waals surface area contributed by atoms with E-state index in [-0.39, 0.29) is 28.7 Å². The lowest BCUT2D eigenvalue weighted by Crippen LogP contribution is -2.48. The maximum absolute atomic E-state index is 12.6. The van der Waals surface area contributed by atoms with Crippen molar-refractivity contribution in [2.24, 2.45) is 11.8 Å². The quantitative estimate of drug-likeness (QED) is 0.538. The lowest BCUT2D eigenvalue weighted by molar-refractivity contribution is -0.528. The van der Waals surface area contributed by atoms with Crippen LogP contribution in [-0.4, -0.2) is 42.1 Å². The Morgan fingerprint density at radius 3 is 3.00 bits per heavy atom. The number of fused-ring (bicyclic) bond motifs is 2. The summed E-state index contributed by atoms with van der Waals surface area (Å²) < 4.78 is 5.77. The molecule has 2 aliphatic heterocycles. The fraction of sp³-hybridized carbons (Fsp3) is 0.611. The van der Waals surface area contributed by atoms with Crippen LogP contribution in [0.5, 0.6) is 5.75 Å². The molecule has 1 aromatic carbocycles. The van der Waals surface area contributed by atoms with E-state index in [1.54, 1.807) is 0 Å². The lowest BCUT2D eigenvalue weighted by atomic mass is 9.79. The average Bonchev–Trinajstić information content (AvgIpc) is 3.09. The van der Waals surface area contributed by atoms with Crippen molar-refractivity contribution in [3.63, 3.8) is 0 Å². The number of hydrogen-bond donors (Lipinski definition) is 3. The number of amides is 1. The summed E-state index contributed by atoms with van der Waals surface area (Å²) in [7, 11) is 0. The van der Waals surface area contributed by atoms with E-state index < -0.39 is 12.1 Å². The summed E-state index contributed by atoms with van der Waals surface area (Å²) in [5.41, 5.74) is 7.35. The standard InChI is InChI=1S/C18H24N4O4/c23-18(17-14-8-13(22(24)25)5-6-15(14)20-21-17)19-9-11-7-12-3-1-2-4-16(12)26-10-11/h1-4,11,13-15,17,20-21H,5-10H2,(H,19,23). The number of rotatable bonds is 4. The fourth-order valence-electron chi connectivity index (χ4n) is 4.36. The molecule has 5 atom stereocenters. The Morgan fingerprint density at radius 1 is 1.31 bits per heavy atom. The Kier molecular flexibility index (Phi) is 4.78. The number of carbonyl (C=O) groups is 1. The second-order valence-corrected chi connectivity index (χ2v) is 7.52. The highest BCUT2D eigenvalue weighted by molar-refractivity contribution is 5.82. The Bertz CT molecular complexity index is 698. The predicted molar refractivity (Wildman–Crippen MR) is 94.1 cm³/mol. The van der Waals surface area contributed by atoms with Gasteiger partial charge in [0.1, 0.15) is 11.8 Å². The summed E-state index contributed by atoms with van der Waals surface area (Å²) in [6, 6.07) is 7.14. The highest BCUT2D eigenvalue weighted by Crippen LogP contribution is 2.32. The molecule has 2 heterocycles. The van der Waals surface area contributed by atoms with E-state index in [9.17, 15) is 14.9 Å². The molecule has 1 aliphatic carbocycles. The topological polar surface area (TPSA) is 106 Å². The average molecular weight is 360 g/mol. The first kappa shape index (κ1) is 17.2. The predicted octanol–water partition coefficient (Wildman–Crippen LogP) is 0.644. The van der Waals surface area contributed by atoms with E-state index in [1.165, 1.54) is 5.56 Å². The monoisotopic (exact) mass is 360 g/mol. The number of nitrogens with zero attached hydrogens (tertiary/aromatic N) is 1. The molecular formula is C18H24N4O4. The number of carbonyl (C=O) groups excluding carboxylic acids is 1. The van der Waals surface area contributed by atoms with Gasteiger partial charge in [-0.2, -0.15) is 0 Å². The van der Waals surface area contributed by atoms with Gasteiger partial charge in [0.15, 0.2) is 0 Å². The first-order chi connectivity index (χ1) is 12.6. The minimum absolute atomic E-state index is 0.0394. The van der Waals surface area contributed by atoms with Crippen molar-refractivity contribution in [1.82, 2.24) is 16.2 Å². The number of hydrogen-bond acceptors (Lipinski definition) is 6. The van der Waals surface area contributed by atoms with Crippen LogP contribution < -0.4 is 20.9 Å². The Hall–Kier alpha value is -2.19. The molecule has 1 amide bonds. The molecule has 140 valence electrons. The molecule has 26 heavy (non-hydrogen) atoms. The van der Waals surface area contributed by atoms with Gasteiger partial charge in [-0.15, -0.1) is 0 Å². The molecule has 8 nitrogen and oxygen atoms in total. The van der Waals surface area contributed by atoms with E-state index in [1.807, 2.05) is 18.2 Å². The Balaban J connectivity index is 1.32. The van der Waals surface area contributed by atoms with Gasteiger partial charge in [0.05, 0.1) is 6.61 Å². The first-order valence-corrected chi connectivity index (χ1v) is 9.25. The fourth-order valence-corrected chi connectivity index (χ4v) is 4.36. The zero-order chi connectivity index (χ0) is 18.1. The Morgan fingerprint density at radius 2 is 2.15 bits per heavy atom. The summed E-state index contributed by atoms with van der Waals surface area (Å²) in [4.78, 5) is 23.5. The molecule has 1 aromatic rings. The summed E-state index contributed by atoms with van der Waals surface area (Å²) in [6.07, 6.45) is 2.61. The summed E-state index contributed by atoms with van der Waals surface area (Å²) in [5, 5.41) is 14.1. The number of para-hydroxylation sites is 1. The van der Waals surface area contributed by atoms with Crippen molar-refractivity contribution >= 4 is 5.91 Å². The van der Waals surface area contributed by atoms with Crippen molar-refractivity contribution in [2.75, 3.05) is 13.2 Å². The SMILES string of the molecule is O=C(NCC1COc2ccccc2C1)C1NNC2CCC([N+](=O)[O-])CC21. The first-order valence-electron chi connectivity index (χ1n) is 9.25. The van der Waals surface area contributed by atoms with Crippen molar-refractivity contribution in [1.29, 1.82) is 0 Å². The molecule has 3 aliphatic rings. The van der Waals surface area contributed by atoms with Gasteiger partial charge in [-0.05, 0) is 24.5 Å². The van der Waals surface area contributed by atoms with Crippen LogP contribution in [0.2, 0.25) is 0 Å². The third kappa shape index (κ3) is 3.39. The van der Waals surface area contributed by atoms with Crippen molar-refractivity contribution in [3.8, 4) is 5.75 Å². The molecular weight excluding hydrogens is 336 g/mol. The van der Waals surface area contributed by atoms with Crippen molar-refractivity contribution in [3.05, 3.63) is 39.9 Å². The molecule has 0 radical (unpaired) electrons. The van der Waals surface area contributed by atoms with Gasteiger partial charge in [0.25, 0.3) is 0 Å². The number of benzene rings is 1. The minimum atomic E-state index is -0.545. The van der Waals surface area contributed by atoms with Gasteiger partial charge in [0.2, 0.25) is 11.9 Å². The largest absolute Gasteiger partial charge is 0.493 e. The van der Waals surface area contributed by atoms with Crippen LogP contribution in [-0.2, 0) is 11.2 Å². The smallest absolute Gasteiger partial charge is 0.238 e.